The van der Waals surface area contributed by atoms with Crippen molar-refractivity contribution in [2.45, 2.75) is 124 Å². The highest BCUT2D eigenvalue weighted by Crippen LogP contribution is 2.27. The predicted molar refractivity (Wildman–Crippen MR) is 181 cm³/mol. The zero-order valence-electron chi connectivity index (χ0n) is 27.9. The van der Waals surface area contributed by atoms with Gasteiger partial charge in [0, 0.05) is 5.56 Å². The van der Waals surface area contributed by atoms with Crippen LogP contribution in [0.5, 0.6) is 5.75 Å². The van der Waals surface area contributed by atoms with Crippen LogP contribution in [-0.4, -0.2) is 31.1 Å². The van der Waals surface area contributed by atoms with Gasteiger partial charge in [0.1, 0.15) is 0 Å². The highest BCUT2D eigenvalue weighted by atomic mass is 16.6. The summed E-state index contributed by atoms with van der Waals surface area (Å²) in [7, 11) is 0. The van der Waals surface area contributed by atoms with Crippen molar-refractivity contribution < 1.29 is 28.6 Å². The quantitative estimate of drug-likeness (QED) is 0.0543. The Morgan fingerprint density at radius 3 is 1.84 bits per heavy atom. The lowest BCUT2D eigenvalue weighted by Gasteiger charge is -2.14. The van der Waals surface area contributed by atoms with Crippen LogP contribution in [0.3, 0.4) is 0 Å². The summed E-state index contributed by atoms with van der Waals surface area (Å²) in [5, 5.41) is 2.88. The van der Waals surface area contributed by atoms with E-state index >= 15 is 0 Å². The van der Waals surface area contributed by atoms with Crippen LogP contribution in [0.2, 0.25) is 0 Å². The Labute approximate surface area is 271 Å². The number of carbonyl (C=O) groups excluding carboxylic acids is 3. The molecule has 0 saturated carbocycles. The van der Waals surface area contributed by atoms with Crippen LogP contribution in [0.1, 0.15) is 133 Å². The fraction of sp³-hybridized carbons (Fsp3) is 0.553. The zero-order chi connectivity index (χ0) is 32.5. The maximum absolute atomic E-state index is 13.1. The van der Waals surface area contributed by atoms with Gasteiger partial charge in [-0.05, 0) is 55.5 Å². The first-order chi connectivity index (χ1) is 22.0. The molecule has 7 nitrogen and oxygen atoms in total. The number of amides is 1. The number of hydrogen-bond acceptors (Lipinski definition) is 6. The first kappa shape index (κ1) is 37.6. The van der Waals surface area contributed by atoms with Crippen molar-refractivity contribution in [3.8, 4) is 5.75 Å². The molecule has 2 rings (SSSR count). The lowest BCUT2D eigenvalue weighted by Crippen LogP contribution is -2.18. The largest absolute Gasteiger partial charge is 0.462 e. The van der Waals surface area contributed by atoms with E-state index < -0.39 is 11.9 Å². The van der Waals surface area contributed by atoms with Gasteiger partial charge in [-0.25, -0.2) is 9.59 Å². The average molecular weight is 622 g/mol. The summed E-state index contributed by atoms with van der Waals surface area (Å²) in [4.78, 5) is 38.6. The van der Waals surface area contributed by atoms with Crippen LogP contribution in [0.15, 0.2) is 60.4 Å². The summed E-state index contributed by atoms with van der Waals surface area (Å²) >= 11 is 0. The molecule has 7 heteroatoms. The minimum Gasteiger partial charge on any atom is -0.462 e. The normalized spacial score (nSPS) is 11.2. The Morgan fingerprint density at radius 1 is 0.644 bits per heavy atom. The third-order valence-corrected chi connectivity index (χ3v) is 7.56. The zero-order valence-corrected chi connectivity index (χ0v) is 27.9. The molecular weight excluding hydrogens is 566 g/mol. The van der Waals surface area contributed by atoms with E-state index in [1.807, 2.05) is 24.3 Å². The summed E-state index contributed by atoms with van der Waals surface area (Å²) in [6, 6.07) is 14.4. The topological polar surface area (TPSA) is 90.9 Å². The van der Waals surface area contributed by atoms with Crippen molar-refractivity contribution in [3.05, 3.63) is 71.5 Å². The van der Waals surface area contributed by atoms with E-state index in [4.69, 9.17) is 14.2 Å². The van der Waals surface area contributed by atoms with E-state index in [1.165, 1.54) is 44.1 Å². The molecule has 0 heterocycles. The Balaban J connectivity index is 2.04. The van der Waals surface area contributed by atoms with Crippen molar-refractivity contribution in [2.24, 2.45) is 0 Å². The molecule has 45 heavy (non-hydrogen) atoms. The molecule has 0 fully saturated rings. The van der Waals surface area contributed by atoms with Crippen molar-refractivity contribution in [1.29, 1.82) is 0 Å². The molecule has 2 aromatic rings. The minimum atomic E-state index is -0.757. The molecule has 0 aliphatic heterocycles. The lowest BCUT2D eigenvalue weighted by atomic mass is 10.0. The number of rotatable bonds is 24. The number of benzene rings is 2. The molecule has 1 N–H and O–H groups in total. The van der Waals surface area contributed by atoms with E-state index in [-0.39, 0.29) is 30.6 Å². The Morgan fingerprint density at radius 2 is 1.20 bits per heavy atom. The molecule has 2 aromatic carbocycles. The maximum Gasteiger partial charge on any atom is 0.374 e. The number of nitrogens with one attached hydrogen (secondary N) is 1. The van der Waals surface area contributed by atoms with Gasteiger partial charge in [-0.1, -0.05) is 122 Å². The number of anilines is 1. The van der Waals surface area contributed by atoms with Gasteiger partial charge >= 0.3 is 11.9 Å². The predicted octanol–water partition coefficient (Wildman–Crippen LogP) is 9.74. The number of aryl methyl sites for hydroxylation is 1. The number of hydrogen-bond donors (Lipinski definition) is 1. The Hall–Kier alpha value is -3.61. The van der Waals surface area contributed by atoms with Crippen molar-refractivity contribution in [2.75, 3.05) is 18.5 Å². The SMILES string of the molecule is CCCCCCCCCc1ccc(C(=O)Nc2ccccc2O/C(=C/C(=O)OCCCCCC)C(=O)OCCCCCC)cc1. The van der Waals surface area contributed by atoms with Crippen LogP contribution >= 0.6 is 0 Å². The number of para-hydroxylation sites is 2. The third kappa shape index (κ3) is 16.3. The molecule has 0 saturated heterocycles. The first-order valence-corrected chi connectivity index (χ1v) is 17.2. The molecular formula is C38H55NO6. The van der Waals surface area contributed by atoms with E-state index in [9.17, 15) is 14.4 Å². The van der Waals surface area contributed by atoms with Gasteiger partial charge in [-0.3, -0.25) is 4.79 Å². The standard InChI is InChI=1S/C38H55NO6/c1-4-7-10-13-14-15-16-21-31-24-26-32(27-25-31)37(41)39-33-22-17-18-23-34(33)45-35(38(42)44-29-20-12-9-6-3)30-36(40)43-28-19-11-8-5-2/h17-18,22-27,30H,4-16,19-21,28-29H2,1-3H3,(H,39,41)/b35-30+. The van der Waals surface area contributed by atoms with E-state index in [0.29, 0.717) is 11.3 Å². The van der Waals surface area contributed by atoms with E-state index in [0.717, 1.165) is 70.3 Å². The fourth-order valence-electron chi connectivity index (χ4n) is 4.83. The third-order valence-electron chi connectivity index (χ3n) is 7.56. The highest BCUT2D eigenvalue weighted by Gasteiger charge is 2.19. The van der Waals surface area contributed by atoms with Crippen LogP contribution in [0, 0.1) is 0 Å². The van der Waals surface area contributed by atoms with E-state index in [2.05, 4.69) is 26.1 Å². The molecule has 0 spiro atoms. The summed E-state index contributed by atoms with van der Waals surface area (Å²) in [6.45, 7) is 6.94. The average Bonchev–Trinajstić information content (AvgIpc) is 3.04. The molecule has 1 amide bonds. The van der Waals surface area contributed by atoms with Crippen molar-refractivity contribution in [1.82, 2.24) is 0 Å². The molecule has 0 aliphatic carbocycles. The molecule has 0 radical (unpaired) electrons. The van der Waals surface area contributed by atoms with Gasteiger partial charge in [0.2, 0.25) is 5.76 Å². The highest BCUT2D eigenvalue weighted by molar-refractivity contribution is 6.05. The molecule has 0 bridgehead atoms. The second kappa shape index (κ2) is 23.7. The monoisotopic (exact) mass is 621 g/mol. The summed E-state index contributed by atoms with van der Waals surface area (Å²) < 4.78 is 16.6. The fourth-order valence-corrected chi connectivity index (χ4v) is 4.83. The smallest absolute Gasteiger partial charge is 0.374 e. The van der Waals surface area contributed by atoms with Gasteiger partial charge in [-0.2, -0.15) is 0 Å². The van der Waals surface area contributed by atoms with Gasteiger partial charge < -0.3 is 19.5 Å². The van der Waals surface area contributed by atoms with Gasteiger partial charge in [0.25, 0.3) is 5.91 Å². The molecule has 0 unspecified atom stereocenters. The van der Waals surface area contributed by atoms with Crippen molar-refractivity contribution in [3.63, 3.8) is 0 Å². The molecule has 0 aliphatic rings. The van der Waals surface area contributed by atoms with Gasteiger partial charge in [0.05, 0.1) is 25.0 Å². The van der Waals surface area contributed by atoms with E-state index in [1.54, 1.807) is 24.3 Å². The summed E-state index contributed by atoms with van der Waals surface area (Å²) in [5.74, 6) is -1.81. The number of carbonyl (C=O) groups is 3. The maximum atomic E-state index is 13.1. The van der Waals surface area contributed by atoms with Gasteiger partial charge in [-0.15, -0.1) is 0 Å². The Kier molecular flexibility index (Phi) is 19.8. The summed E-state index contributed by atoms with van der Waals surface area (Å²) in [6.07, 6.45) is 18.5. The summed E-state index contributed by atoms with van der Waals surface area (Å²) in [5.41, 5.74) is 2.09. The molecule has 248 valence electrons. The van der Waals surface area contributed by atoms with Crippen LogP contribution in [-0.2, 0) is 25.5 Å². The number of esters is 2. The van der Waals surface area contributed by atoms with Crippen LogP contribution in [0.25, 0.3) is 0 Å². The van der Waals surface area contributed by atoms with Gasteiger partial charge in [0.15, 0.2) is 5.75 Å². The number of ether oxygens (including phenoxy) is 3. The second-order valence-electron chi connectivity index (χ2n) is 11.6. The van der Waals surface area contributed by atoms with Crippen molar-refractivity contribution >= 4 is 23.5 Å². The van der Waals surface area contributed by atoms with Crippen LogP contribution < -0.4 is 10.1 Å². The lowest BCUT2D eigenvalue weighted by molar-refractivity contribution is -0.143. The first-order valence-electron chi connectivity index (χ1n) is 17.2. The minimum absolute atomic E-state index is 0.214. The Bertz CT molecular complexity index is 1160. The second-order valence-corrected chi connectivity index (χ2v) is 11.6. The molecule has 0 aromatic heterocycles. The van der Waals surface area contributed by atoms with Crippen LogP contribution in [0.4, 0.5) is 5.69 Å². The molecule has 0 atom stereocenters. The number of unbranched alkanes of at least 4 members (excludes halogenated alkanes) is 12.